The van der Waals surface area contributed by atoms with Crippen molar-refractivity contribution in [1.29, 1.82) is 0 Å². The lowest BCUT2D eigenvalue weighted by molar-refractivity contribution is -0.384. The standard InChI is InChI=1S/C14H19NO5/c1-14(2,3)20-9-8-19-10-13(16)11-4-6-12(7-5-11)15(17)18/h4-7H,8-10H2,1-3H3. The highest BCUT2D eigenvalue weighted by molar-refractivity contribution is 5.97. The molecule has 0 radical (unpaired) electrons. The van der Waals surface area contributed by atoms with Crippen LogP contribution in [0.4, 0.5) is 5.69 Å². The van der Waals surface area contributed by atoms with E-state index in [0.29, 0.717) is 18.8 Å². The minimum atomic E-state index is -0.505. The molecule has 0 bridgehead atoms. The monoisotopic (exact) mass is 281 g/mol. The van der Waals surface area contributed by atoms with Crippen LogP contribution in [0.3, 0.4) is 0 Å². The second-order valence-corrected chi connectivity index (χ2v) is 5.24. The summed E-state index contributed by atoms with van der Waals surface area (Å²) >= 11 is 0. The molecule has 0 unspecified atom stereocenters. The first-order valence-electron chi connectivity index (χ1n) is 6.29. The molecule has 0 saturated heterocycles. The van der Waals surface area contributed by atoms with Gasteiger partial charge < -0.3 is 9.47 Å². The van der Waals surface area contributed by atoms with Crippen LogP contribution >= 0.6 is 0 Å². The molecule has 0 aliphatic rings. The van der Waals surface area contributed by atoms with E-state index in [1.54, 1.807) is 0 Å². The van der Waals surface area contributed by atoms with E-state index in [1.165, 1.54) is 24.3 Å². The molecule has 0 heterocycles. The summed E-state index contributed by atoms with van der Waals surface area (Å²) in [6, 6.07) is 5.46. The molecule has 20 heavy (non-hydrogen) atoms. The van der Waals surface area contributed by atoms with Crippen LogP contribution in [0.5, 0.6) is 0 Å². The fraction of sp³-hybridized carbons (Fsp3) is 0.500. The quantitative estimate of drug-likeness (QED) is 0.332. The van der Waals surface area contributed by atoms with Crippen molar-refractivity contribution in [3.8, 4) is 0 Å². The first kappa shape index (κ1) is 16.3. The van der Waals surface area contributed by atoms with E-state index in [1.807, 2.05) is 20.8 Å². The number of carbonyl (C=O) groups excluding carboxylic acids is 1. The van der Waals surface area contributed by atoms with Gasteiger partial charge in [0.05, 0.1) is 23.7 Å². The van der Waals surface area contributed by atoms with Crippen molar-refractivity contribution >= 4 is 11.5 Å². The first-order chi connectivity index (χ1) is 9.29. The normalized spacial score (nSPS) is 11.3. The lowest BCUT2D eigenvalue weighted by atomic mass is 10.1. The van der Waals surface area contributed by atoms with Crippen molar-refractivity contribution in [2.75, 3.05) is 19.8 Å². The van der Waals surface area contributed by atoms with Crippen LogP contribution in [0.1, 0.15) is 31.1 Å². The van der Waals surface area contributed by atoms with Crippen LogP contribution in [-0.4, -0.2) is 36.1 Å². The fourth-order valence-corrected chi connectivity index (χ4v) is 1.42. The second kappa shape index (κ2) is 7.12. The van der Waals surface area contributed by atoms with E-state index in [2.05, 4.69) is 0 Å². The first-order valence-corrected chi connectivity index (χ1v) is 6.29. The Morgan fingerprint density at radius 3 is 2.30 bits per heavy atom. The number of hydrogen-bond acceptors (Lipinski definition) is 5. The number of benzene rings is 1. The summed E-state index contributed by atoms with van der Waals surface area (Å²) in [6.07, 6.45) is 0. The van der Waals surface area contributed by atoms with Crippen LogP contribution in [0.15, 0.2) is 24.3 Å². The molecule has 6 nitrogen and oxygen atoms in total. The van der Waals surface area contributed by atoms with Crippen molar-refractivity contribution < 1.29 is 19.2 Å². The number of nitro benzene ring substituents is 1. The molecule has 0 fully saturated rings. The summed E-state index contributed by atoms with van der Waals surface area (Å²) in [5.74, 6) is -0.212. The highest BCUT2D eigenvalue weighted by atomic mass is 16.6. The molecule has 0 N–H and O–H groups in total. The largest absolute Gasteiger partial charge is 0.373 e. The van der Waals surface area contributed by atoms with E-state index in [9.17, 15) is 14.9 Å². The maximum absolute atomic E-state index is 11.8. The number of carbonyl (C=O) groups is 1. The molecule has 0 spiro atoms. The number of Topliss-reactive ketones (excluding diaryl/α,β-unsaturated/α-hetero) is 1. The maximum Gasteiger partial charge on any atom is 0.269 e. The summed E-state index contributed by atoms with van der Waals surface area (Å²) in [4.78, 5) is 21.7. The van der Waals surface area contributed by atoms with Gasteiger partial charge in [0.2, 0.25) is 0 Å². The lowest BCUT2D eigenvalue weighted by Crippen LogP contribution is -2.22. The predicted octanol–water partition coefficient (Wildman–Crippen LogP) is 2.61. The molecule has 0 aliphatic heterocycles. The second-order valence-electron chi connectivity index (χ2n) is 5.24. The Morgan fingerprint density at radius 2 is 1.80 bits per heavy atom. The molecule has 1 aromatic rings. The smallest absolute Gasteiger partial charge is 0.269 e. The van der Waals surface area contributed by atoms with Gasteiger partial charge >= 0.3 is 0 Å². The molecule has 0 saturated carbocycles. The number of non-ortho nitro benzene ring substituents is 1. The van der Waals surface area contributed by atoms with Gasteiger partial charge in [-0.1, -0.05) is 0 Å². The van der Waals surface area contributed by atoms with Crippen LogP contribution in [0.25, 0.3) is 0 Å². The van der Waals surface area contributed by atoms with Gasteiger partial charge in [0, 0.05) is 17.7 Å². The minimum Gasteiger partial charge on any atom is -0.373 e. The van der Waals surface area contributed by atoms with Gasteiger partial charge in [-0.05, 0) is 32.9 Å². The average Bonchev–Trinajstić information content (AvgIpc) is 2.37. The zero-order valence-electron chi connectivity index (χ0n) is 11.9. The third kappa shape index (κ3) is 5.90. The van der Waals surface area contributed by atoms with Gasteiger partial charge in [-0.15, -0.1) is 0 Å². The Kier molecular flexibility index (Phi) is 5.79. The number of ether oxygens (including phenoxy) is 2. The predicted molar refractivity (Wildman–Crippen MR) is 74.0 cm³/mol. The maximum atomic E-state index is 11.8. The molecule has 110 valence electrons. The molecule has 0 aromatic heterocycles. The molecule has 0 aliphatic carbocycles. The van der Waals surface area contributed by atoms with Crippen molar-refractivity contribution in [3.63, 3.8) is 0 Å². The Labute approximate surface area is 117 Å². The van der Waals surface area contributed by atoms with E-state index in [0.717, 1.165) is 0 Å². The minimum absolute atomic E-state index is 0.0407. The summed E-state index contributed by atoms with van der Waals surface area (Å²) < 4.78 is 10.7. The Balaban J connectivity index is 2.34. The molecule has 0 atom stereocenters. The Bertz CT molecular complexity index is 461. The van der Waals surface area contributed by atoms with Crippen molar-refractivity contribution in [3.05, 3.63) is 39.9 Å². The van der Waals surface area contributed by atoms with Crippen molar-refractivity contribution in [2.24, 2.45) is 0 Å². The van der Waals surface area contributed by atoms with E-state index in [-0.39, 0.29) is 23.7 Å². The highest BCUT2D eigenvalue weighted by Crippen LogP contribution is 2.12. The topological polar surface area (TPSA) is 78.7 Å². The summed E-state index contributed by atoms with van der Waals surface area (Å²) in [5, 5.41) is 10.5. The number of nitro groups is 1. The Hall–Kier alpha value is -1.79. The van der Waals surface area contributed by atoms with Gasteiger partial charge in [0.15, 0.2) is 5.78 Å². The lowest BCUT2D eigenvalue weighted by Gasteiger charge is -2.19. The molecular formula is C14H19NO5. The zero-order valence-corrected chi connectivity index (χ0v) is 11.9. The third-order valence-corrected chi connectivity index (χ3v) is 2.40. The van der Waals surface area contributed by atoms with Gasteiger partial charge in [-0.2, -0.15) is 0 Å². The van der Waals surface area contributed by atoms with E-state index in [4.69, 9.17) is 9.47 Å². The number of rotatable bonds is 7. The third-order valence-electron chi connectivity index (χ3n) is 2.40. The number of ketones is 1. The van der Waals surface area contributed by atoms with E-state index < -0.39 is 4.92 Å². The van der Waals surface area contributed by atoms with Gasteiger partial charge in [0.1, 0.15) is 6.61 Å². The highest BCUT2D eigenvalue weighted by Gasteiger charge is 2.11. The molecule has 0 amide bonds. The molecule has 1 aromatic carbocycles. The zero-order chi connectivity index (χ0) is 15.2. The number of hydrogen-bond donors (Lipinski definition) is 0. The van der Waals surface area contributed by atoms with Crippen molar-refractivity contribution in [2.45, 2.75) is 26.4 Å². The number of nitrogens with zero attached hydrogens (tertiary/aromatic N) is 1. The van der Waals surface area contributed by atoms with Gasteiger partial charge in [0.25, 0.3) is 5.69 Å². The van der Waals surface area contributed by atoms with Crippen molar-refractivity contribution in [1.82, 2.24) is 0 Å². The summed E-state index contributed by atoms with van der Waals surface area (Å²) in [5.41, 5.74) is 0.125. The van der Waals surface area contributed by atoms with Gasteiger partial charge in [-0.3, -0.25) is 14.9 Å². The SMILES string of the molecule is CC(C)(C)OCCOCC(=O)c1ccc([N+](=O)[O-])cc1. The molecular weight excluding hydrogens is 262 g/mol. The fourth-order valence-electron chi connectivity index (χ4n) is 1.42. The summed E-state index contributed by atoms with van der Waals surface area (Å²) in [7, 11) is 0. The van der Waals surface area contributed by atoms with Crippen LogP contribution < -0.4 is 0 Å². The van der Waals surface area contributed by atoms with Gasteiger partial charge in [-0.25, -0.2) is 0 Å². The Morgan fingerprint density at radius 1 is 1.20 bits per heavy atom. The van der Waals surface area contributed by atoms with E-state index >= 15 is 0 Å². The molecule has 1 rings (SSSR count). The summed E-state index contributed by atoms with van der Waals surface area (Å²) in [6.45, 7) is 6.50. The van der Waals surface area contributed by atoms with Crippen LogP contribution in [-0.2, 0) is 9.47 Å². The molecule has 6 heteroatoms. The average molecular weight is 281 g/mol. The van der Waals surface area contributed by atoms with Crippen LogP contribution in [0, 0.1) is 10.1 Å². The van der Waals surface area contributed by atoms with Crippen LogP contribution in [0.2, 0.25) is 0 Å².